The number of hydrogen-bond acceptors (Lipinski definition) is 5. The molecule has 3 heterocycles. The lowest BCUT2D eigenvalue weighted by Gasteiger charge is -2.21. The van der Waals surface area contributed by atoms with Crippen LogP contribution in [0.25, 0.3) is 11.4 Å². The van der Waals surface area contributed by atoms with Gasteiger partial charge < -0.3 is 9.30 Å². The predicted octanol–water partition coefficient (Wildman–Crippen LogP) is 2.78. The standard InChI is InChI=1S/C20H21N3O3S/c1-27(24,25)18-4-2-16(3-5-18)20-22-10-11-23(20)19-14-26-13-17(19)12-15-6-8-21-9-7-15/h2-11,17,19H,12-14H2,1H3/t17-,19-/m1/s1. The largest absolute Gasteiger partial charge is 0.379 e. The van der Waals surface area contributed by atoms with Crippen LogP contribution >= 0.6 is 0 Å². The van der Waals surface area contributed by atoms with Crippen molar-refractivity contribution in [3.8, 4) is 11.4 Å². The second-order valence-electron chi connectivity index (χ2n) is 6.88. The van der Waals surface area contributed by atoms with Crippen LogP contribution in [0.4, 0.5) is 0 Å². The SMILES string of the molecule is CS(=O)(=O)c1ccc(-c2nccn2[C@@H]2COC[C@H]2Cc2ccncc2)cc1. The molecule has 2 atom stereocenters. The van der Waals surface area contributed by atoms with E-state index in [1.165, 1.54) is 11.8 Å². The van der Waals surface area contributed by atoms with E-state index in [2.05, 4.69) is 14.5 Å². The van der Waals surface area contributed by atoms with Crippen LogP contribution in [0.1, 0.15) is 11.6 Å². The van der Waals surface area contributed by atoms with Gasteiger partial charge in [-0.2, -0.15) is 0 Å². The van der Waals surface area contributed by atoms with Gasteiger partial charge in [0, 0.05) is 42.5 Å². The van der Waals surface area contributed by atoms with E-state index in [-0.39, 0.29) is 6.04 Å². The summed E-state index contributed by atoms with van der Waals surface area (Å²) in [4.78, 5) is 8.90. The molecule has 140 valence electrons. The molecular formula is C20H21N3O3S. The van der Waals surface area contributed by atoms with E-state index < -0.39 is 9.84 Å². The van der Waals surface area contributed by atoms with Gasteiger partial charge in [0.15, 0.2) is 9.84 Å². The number of imidazole rings is 1. The van der Waals surface area contributed by atoms with E-state index in [9.17, 15) is 8.42 Å². The quantitative estimate of drug-likeness (QED) is 0.677. The van der Waals surface area contributed by atoms with Crippen molar-refractivity contribution in [2.75, 3.05) is 19.5 Å². The maximum atomic E-state index is 11.7. The van der Waals surface area contributed by atoms with Crippen molar-refractivity contribution in [3.05, 3.63) is 66.7 Å². The van der Waals surface area contributed by atoms with Crippen LogP contribution < -0.4 is 0 Å². The van der Waals surface area contributed by atoms with Crippen molar-refractivity contribution in [1.82, 2.24) is 14.5 Å². The monoisotopic (exact) mass is 383 g/mol. The fourth-order valence-corrected chi connectivity index (χ4v) is 4.20. The Morgan fingerprint density at radius 3 is 2.52 bits per heavy atom. The number of aromatic nitrogens is 3. The summed E-state index contributed by atoms with van der Waals surface area (Å²) in [7, 11) is -3.21. The molecule has 0 N–H and O–H groups in total. The van der Waals surface area contributed by atoms with Crippen LogP contribution in [0.5, 0.6) is 0 Å². The second-order valence-corrected chi connectivity index (χ2v) is 8.89. The topological polar surface area (TPSA) is 74.1 Å². The smallest absolute Gasteiger partial charge is 0.175 e. The van der Waals surface area contributed by atoms with Crippen molar-refractivity contribution in [3.63, 3.8) is 0 Å². The van der Waals surface area contributed by atoms with Crippen molar-refractivity contribution < 1.29 is 13.2 Å². The Hall–Kier alpha value is -2.51. The Kier molecular flexibility index (Phi) is 4.80. The van der Waals surface area contributed by atoms with Gasteiger partial charge in [0.1, 0.15) is 5.82 Å². The predicted molar refractivity (Wildman–Crippen MR) is 102 cm³/mol. The molecule has 0 aliphatic carbocycles. The molecule has 0 spiro atoms. The van der Waals surface area contributed by atoms with Crippen molar-refractivity contribution >= 4 is 9.84 Å². The van der Waals surface area contributed by atoms with Crippen molar-refractivity contribution in [1.29, 1.82) is 0 Å². The first kappa shape index (κ1) is 17.9. The van der Waals surface area contributed by atoms with E-state index >= 15 is 0 Å². The first-order valence-corrected chi connectivity index (χ1v) is 10.7. The summed E-state index contributed by atoms with van der Waals surface area (Å²) in [5.41, 5.74) is 2.13. The third-order valence-electron chi connectivity index (χ3n) is 4.98. The molecule has 2 aromatic heterocycles. The highest BCUT2D eigenvalue weighted by Gasteiger charge is 2.31. The molecule has 4 rings (SSSR count). The zero-order valence-corrected chi connectivity index (χ0v) is 15.8. The summed E-state index contributed by atoms with van der Waals surface area (Å²) in [6, 6.07) is 11.1. The highest BCUT2D eigenvalue weighted by atomic mass is 32.2. The zero-order chi connectivity index (χ0) is 18.9. The van der Waals surface area contributed by atoms with E-state index in [0.717, 1.165) is 17.8 Å². The Bertz CT molecular complexity index is 1010. The van der Waals surface area contributed by atoms with E-state index in [0.29, 0.717) is 24.0 Å². The third kappa shape index (κ3) is 3.79. The lowest BCUT2D eigenvalue weighted by Crippen LogP contribution is -2.20. The van der Waals surface area contributed by atoms with Gasteiger partial charge in [0.2, 0.25) is 0 Å². The summed E-state index contributed by atoms with van der Waals surface area (Å²) >= 11 is 0. The van der Waals surface area contributed by atoms with Gasteiger partial charge in [-0.05, 0) is 48.4 Å². The van der Waals surface area contributed by atoms with Gasteiger partial charge in [-0.3, -0.25) is 4.98 Å². The zero-order valence-electron chi connectivity index (χ0n) is 15.0. The molecule has 7 heteroatoms. The Labute approximate surface area is 158 Å². The van der Waals surface area contributed by atoms with E-state index in [4.69, 9.17) is 4.74 Å². The molecular weight excluding hydrogens is 362 g/mol. The summed E-state index contributed by atoms with van der Waals surface area (Å²) in [6.07, 6.45) is 9.50. The van der Waals surface area contributed by atoms with Crippen LogP contribution in [-0.2, 0) is 21.0 Å². The highest BCUT2D eigenvalue weighted by molar-refractivity contribution is 7.90. The number of nitrogens with zero attached hydrogens (tertiary/aromatic N) is 3. The fraction of sp³-hybridized carbons (Fsp3) is 0.300. The van der Waals surface area contributed by atoms with Crippen molar-refractivity contribution in [2.24, 2.45) is 5.92 Å². The number of benzene rings is 1. The molecule has 1 aliphatic heterocycles. The second kappa shape index (κ2) is 7.25. The Balaban J connectivity index is 1.61. The number of rotatable bonds is 5. The molecule has 1 aromatic carbocycles. The van der Waals surface area contributed by atoms with Crippen LogP contribution in [0, 0.1) is 5.92 Å². The Morgan fingerprint density at radius 1 is 1.07 bits per heavy atom. The average molecular weight is 383 g/mol. The third-order valence-corrected chi connectivity index (χ3v) is 6.11. The molecule has 6 nitrogen and oxygen atoms in total. The van der Waals surface area contributed by atoms with Gasteiger partial charge in [-0.15, -0.1) is 0 Å². The summed E-state index contributed by atoms with van der Waals surface area (Å²) in [5, 5.41) is 0. The molecule has 0 bridgehead atoms. The van der Waals surface area contributed by atoms with E-state index in [1.807, 2.05) is 42.9 Å². The number of pyridine rings is 1. The van der Waals surface area contributed by atoms with Crippen LogP contribution in [0.2, 0.25) is 0 Å². The number of sulfone groups is 1. The first-order valence-electron chi connectivity index (χ1n) is 8.82. The molecule has 0 unspecified atom stereocenters. The number of hydrogen-bond donors (Lipinski definition) is 0. The first-order chi connectivity index (χ1) is 13.0. The lowest BCUT2D eigenvalue weighted by molar-refractivity contribution is 0.181. The molecule has 1 saturated heterocycles. The maximum absolute atomic E-state index is 11.7. The summed E-state index contributed by atoms with van der Waals surface area (Å²) < 4.78 is 31.3. The fourth-order valence-electron chi connectivity index (χ4n) is 3.57. The van der Waals surface area contributed by atoms with Crippen LogP contribution in [-0.4, -0.2) is 42.4 Å². The number of ether oxygens (including phenoxy) is 1. The van der Waals surface area contributed by atoms with Crippen LogP contribution in [0.3, 0.4) is 0 Å². The highest BCUT2D eigenvalue weighted by Crippen LogP contribution is 2.32. The van der Waals surface area contributed by atoms with Gasteiger partial charge in [-0.1, -0.05) is 0 Å². The molecule has 3 aromatic rings. The molecule has 27 heavy (non-hydrogen) atoms. The van der Waals surface area contributed by atoms with Gasteiger partial charge >= 0.3 is 0 Å². The molecule has 1 fully saturated rings. The molecule has 0 radical (unpaired) electrons. The van der Waals surface area contributed by atoms with Gasteiger partial charge in [0.25, 0.3) is 0 Å². The minimum absolute atomic E-state index is 0.185. The lowest BCUT2D eigenvalue weighted by atomic mass is 9.95. The maximum Gasteiger partial charge on any atom is 0.175 e. The molecule has 1 aliphatic rings. The minimum Gasteiger partial charge on any atom is -0.379 e. The van der Waals surface area contributed by atoms with E-state index in [1.54, 1.807) is 18.3 Å². The van der Waals surface area contributed by atoms with Gasteiger partial charge in [-0.25, -0.2) is 13.4 Å². The average Bonchev–Trinajstić information content (AvgIpc) is 3.31. The minimum atomic E-state index is -3.21. The van der Waals surface area contributed by atoms with Crippen molar-refractivity contribution in [2.45, 2.75) is 17.4 Å². The molecule has 0 saturated carbocycles. The summed E-state index contributed by atoms with van der Waals surface area (Å²) in [6.45, 7) is 1.35. The molecule has 0 amide bonds. The summed E-state index contributed by atoms with van der Waals surface area (Å²) in [5.74, 6) is 1.17. The normalized spacial score (nSPS) is 20.0. The van der Waals surface area contributed by atoms with Crippen LogP contribution in [0.15, 0.2) is 66.1 Å². The Morgan fingerprint density at radius 2 is 1.81 bits per heavy atom. The van der Waals surface area contributed by atoms with Gasteiger partial charge in [0.05, 0.1) is 24.2 Å².